The van der Waals surface area contributed by atoms with Crippen LogP contribution in [0.5, 0.6) is 0 Å². The number of aliphatic hydroxyl groups excluding tert-OH is 3. The van der Waals surface area contributed by atoms with Crippen LogP contribution in [0.15, 0.2) is 12.2 Å². The van der Waals surface area contributed by atoms with Crippen molar-refractivity contribution < 1.29 is 25.2 Å². The number of rotatable bonds is 15. The molecule has 0 saturated heterocycles. The first-order valence-electron chi connectivity index (χ1n) is 8.91. The Morgan fingerprint density at radius 2 is 1.48 bits per heavy atom. The highest BCUT2D eigenvalue weighted by Crippen LogP contribution is 2.12. The molecule has 0 aliphatic heterocycles. The summed E-state index contributed by atoms with van der Waals surface area (Å²) in [6.45, 7) is 2.17. The van der Waals surface area contributed by atoms with E-state index in [1.165, 1.54) is 37.8 Å². The molecule has 0 fully saturated rings. The topological polar surface area (TPSA) is 98.0 Å². The van der Waals surface area contributed by atoms with Gasteiger partial charge < -0.3 is 20.4 Å². The molecule has 0 aliphatic rings. The Labute approximate surface area is 140 Å². The SMILES string of the molecule is CCCCCCCC[C@@H](O)[C@H](O)C=C[C@H](O)CCCCC(=O)O. The Hall–Kier alpha value is -0.910. The van der Waals surface area contributed by atoms with E-state index >= 15 is 0 Å². The van der Waals surface area contributed by atoms with Gasteiger partial charge in [-0.3, -0.25) is 4.79 Å². The first-order valence-corrected chi connectivity index (χ1v) is 8.91. The average Bonchev–Trinajstić information content (AvgIpc) is 2.52. The Bertz CT molecular complexity index is 317. The summed E-state index contributed by atoms with van der Waals surface area (Å²) in [5, 5.41) is 37.9. The van der Waals surface area contributed by atoms with Crippen molar-refractivity contribution in [1.82, 2.24) is 0 Å². The maximum Gasteiger partial charge on any atom is 0.303 e. The van der Waals surface area contributed by atoms with Crippen LogP contribution in [0.4, 0.5) is 0 Å². The summed E-state index contributed by atoms with van der Waals surface area (Å²) in [5.41, 5.74) is 0. The maximum atomic E-state index is 10.4. The first-order chi connectivity index (χ1) is 11.0. The van der Waals surface area contributed by atoms with Crippen molar-refractivity contribution in [2.75, 3.05) is 0 Å². The molecule has 23 heavy (non-hydrogen) atoms. The van der Waals surface area contributed by atoms with E-state index in [4.69, 9.17) is 5.11 Å². The van der Waals surface area contributed by atoms with Gasteiger partial charge >= 0.3 is 5.97 Å². The van der Waals surface area contributed by atoms with Gasteiger partial charge in [0.15, 0.2) is 0 Å². The molecule has 0 spiro atoms. The van der Waals surface area contributed by atoms with E-state index in [0.29, 0.717) is 25.7 Å². The fourth-order valence-corrected chi connectivity index (χ4v) is 2.40. The van der Waals surface area contributed by atoms with Crippen LogP contribution in [0.25, 0.3) is 0 Å². The fourth-order valence-electron chi connectivity index (χ4n) is 2.40. The Balaban J connectivity index is 3.74. The molecule has 0 aromatic heterocycles. The zero-order valence-corrected chi connectivity index (χ0v) is 14.4. The van der Waals surface area contributed by atoms with Gasteiger partial charge in [-0.15, -0.1) is 0 Å². The molecule has 3 atom stereocenters. The lowest BCUT2D eigenvalue weighted by Crippen LogP contribution is -2.24. The van der Waals surface area contributed by atoms with Gasteiger partial charge in [0.05, 0.1) is 18.3 Å². The summed E-state index contributed by atoms with van der Waals surface area (Å²) in [4.78, 5) is 10.4. The van der Waals surface area contributed by atoms with Crippen molar-refractivity contribution in [2.24, 2.45) is 0 Å². The van der Waals surface area contributed by atoms with Crippen LogP contribution < -0.4 is 0 Å². The molecular formula is C18H34O5. The van der Waals surface area contributed by atoms with Gasteiger partial charge in [0.25, 0.3) is 0 Å². The second-order valence-corrected chi connectivity index (χ2v) is 6.21. The van der Waals surface area contributed by atoms with Gasteiger partial charge in [0, 0.05) is 6.42 Å². The van der Waals surface area contributed by atoms with Gasteiger partial charge in [0.1, 0.15) is 0 Å². The predicted octanol–water partition coefficient (Wildman–Crippen LogP) is 3.02. The normalized spacial score (nSPS) is 15.7. The Kier molecular flexibility index (Phi) is 14.1. The van der Waals surface area contributed by atoms with Gasteiger partial charge in [-0.05, 0) is 25.7 Å². The van der Waals surface area contributed by atoms with Crippen LogP contribution in [0, 0.1) is 0 Å². The maximum absolute atomic E-state index is 10.4. The van der Waals surface area contributed by atoms with Crippen LogP contribution in [-0.4, -0.2) is 44.7 Å². The van der Waals surface area contributed by atoms with Gasteiger partial charge in [0.2, 0.25) is 0 Å². The summed E-state index contributed by atoms with van der Waals surface area (Å²) < 4.78 is 0. The number of unbranched alkanes of at least 4 members (excludes halogenated alkanes) is 6. The van der Waals surface area contributed by atoms with Crippen LogP contribution in [-0.2, 0) is 4.79 Å². The van der Waals surface area contributed by atoms with E-state index in [1.54, 1.807) is 0 Å². The molecule has 0 heterocycles. The fraction of sp³-hybridized carbons (Fsp3) is 0.833. The minimum absolute atomic E-state index is 0.107. The zero-order chi connectivity index (χ0) is 17.5. The van der Waals surface area contributed by atoms with Crippen molar-refractivity contribution >= 4 is 5.97 Å². The summed E-state index contributed by atoms with van der Waals surface area (Å²) in [6, 6.07) is 0. The Morgan fingerprint density at radius 3 is 2.13 bits per heavy atom. The lowest BCUT2D eigenvalue weighted by Gasteiger charge is -2.15. The summed E-state index contributed by atoms with van der Waals surface area (Å²) in [5.74, 6) is -0.830. The van der Waals surface area contributed by atoms with Crippen LogP contribution in [0.1, 0.15) is 77.6 Å². The number of carboxylic acids is 1. The van der Waals surface area contributed by atoms with Crippen LogP contribution in [0.2, 0.25) is 0 Å². The monoisotopic (exact) mass is 330 g/mol. The molecule has 4 N–H and O–H groups in total. The second-order valence-electron chi connectivity index (χ2n) is 6.21. The molecular weight excluding hydrogens is 296 g/mol. The highest BCUT2D eigenvalue weighted by molar-refractivity contribution is 5.66. The van der Waals surface area contributed by atoms with Crippen molar-refractivity contribution in [2.45, 2.75) is 95.9 Å². The quantitative estimate of drug-likeness (QED) is 0.273. The van der Waals surface area contributed by atoms with Crippen LogP contribution >= 0.6 is 0 Å². The molecule has 0 amide bonds. The zero-order valence-electron chi connectivity index (χ0n) is 14.4. The second kappa shape index (κ2) is 14.7. The summed E-state index contributed by atoms with van der Waals surface area (Å²) in [7, 11) is 0. The molecule has 0 radical (unpaired) electrons. The highest BCUT2D eigenvalue weighted by atomic mass is 16.4. The molecule has 0 saturated carbocycles. The molecule has 0 bridgehead atoms. The minimum Gasteiger partial charge on any atom is -0.481 e. The van der Waals surface area contributed by atoms with Gasteiger partial charge in [-0.1, -0.05) is 57.6 Å². The van der Waals surface area contributed by atoms with E-state index in [0.717, 1.165) is 12.8 Å². The molecule has 0 aromatic rings. The number of aliphatic carboxylic acids is 1. The lowest BCUT2D eigenvalue weighted by molar-refractivity contribution is -0.137. The Morgan fingerprint density at radius 1 is 0.870 bits per heavy atom. The van der Waals surface area contributed by atoms with E-state index in [1.807, 2.05) is 0 Å². The molecule has 136 valence electrons. The molecule has 0 unspecified atom stereocenters. The van der Waals surface area contributed by atoms with Gasteiger partial charge in [-0.25, -0.2) is 0 Å². The molecule has 5 nitrogen and oxygen atoms in total. The number of aliphatic hydroxyl groups is 3. The van der Waals surface area contributed by atoms with E-state index in [-0.39, 0.29) is 6.42 Å². The number of carboxylic acid groups (broad SMARTS) is 1. The summed E-state index contributed by atoms with van der Waals surface area (Å²) >= 11 is 0. The minimum atomic E-state index is -0.959. The smallest absolute Gasteiger partial charge is 0.303 e. The third-order valence-electron chi connectivity index (χ3n) is 3.92. The largest absolute Gasteiger partial charge is 0.481 e. The number of carbonyl (C=O) groups is 1. The van der Waals surface area contributed by atoms with Crippen molar-refractivity contribution in [3.8, 4) is 0 Å². The van der Waals surface area contributed by atoms with Crippen molar-refractivity contribution in [3.63, 3.8) is 0 Å². The van der Waals surface area contributed by atoms with Gasteiger partial charge in [-0.2, -0.15) is 0 Å². The van der Waals surface area contributed by atoms with E-state index in [2.05, 4.69) is 6.92 Å². The third kappa shape index (κ3) is 14.4. The van der Waals surface area contributed by atoms with E-state index < -0.39 is 24.3 Å². The molecule has 5 heteroatoms. The van der Waals surface area contributed by atoms with Crippen molar-refractivity contribution in [1.29, 1.82) is 0 Å². The van der Waals surface area contributed by atoms with Crippen LogP contribution in [0.3, 0.4) is 0 Å². The van der Waals surface area contributed by atoms with E-state index in [9.17, 15) is 20.1 Å². The average molecular weight is 330 g/mol. The third-order valence-corrected chi connectivity index (χ3v) is 3.92. The first kappa shape index (κ1) is 22.1. The summed E-state index contributed by atoms with van der Waals surface area (Å²) in [6.07, 6.45) is 9.56. The number of hydrogen-bond donors (Lipinski definition) is 4. The molecule has 0 aliphatic carbocycles. The van der Waals surface area contributed by atoms with Crippen molar-refractivity contribution in [3.05, 3.63) is 12.2 Å². The lowest BCUT2D eigenvalue weighted by atomic mass is 10.0. The number of hydrogen-bond acceptors (Lipinski definition) is 4. The molecule has 0 aromatic carbocycles. The predicted molar refractivity (Wildman–Crippen MR) is 91.3 cm³/mol. The standard InChI is InChI=1S/C18H34O5/c1-2-3-4-5-6-7-11-16(20)17(21)14-13-15(19)10-8-9-12-18(22)23/h13-17,19-21H,2-12H2,1H3,(H,22,23)/t15-,16-,17-/m1/s1. The highest BCUT2D eigenvalue weighted by Gasteiger charge is 2.13. The molecule has 0 rings (SSSR count).